The number of rotatable bonds is 8. The van der Waals surface area contributed by atoms with E-state index in [1.165, 1.54) is 27.7 Å². The van der Waals surface area contributed by atoms with Crippen LogP contribution in [0.3, 0.4) is 0 Å². The van der Waals surface area contributed by atoms with E-state index >= 15 is 0 Å². The number of methoxy groups -OCH3 is 1. The Morgan fingerprint density at radius 1 is 1.17 bits per heavy atom. The minimum absolute atomic E-state index is 0.121. The first kappa shape index (κ1) is 21.4. The zero-order valence-corrected chi connectivity index (χ0v) is 19.1. The third-order valence-corrected chi connectivity index (χ3v) is 5.96. The van der Waals surface area contributed by atoms with Crippen LogP contribution in [-0.4, -0.2) is 24.3 Å². The molecule has 3 aromatic rings. The van der Waals surface area contributed by atoms with Crippen LogP contribution in [-0.2, 0) is 22.5 Å². The average molecular weight is 458 g/mol. The summed E-state index contributed by atoms with van der Waals surface area (Å²) in [5, 5.41) is 1.19. The average Bonchev–Trinajstić information content (AvgIpc) is 2.98. The predicted octanol–water partition coefficient (Wildman–Crippen LogP) is 5.90. The molecule has 0 fully saturated rings. The molecule has 0 saturated heterocycles. The Hall–Kier alpha value is -2.27. The lowest BCUT2D eigenvalue weighted by atomic mass is 9.99. The lowest BCUT2D eigenvalue weighted by Crippen LogP contribution is -2.15. The summed E-state index contributed by atoms with van der Waals surface area (Å²) in [6.07, 6.45) is 1.58. The van der Waals surface area contributed by atoms with Crippen molar-refractivity contribution in [3.8, 4) is 5.75 Å². The standard InChI is InChI=1S/C24H28BrNO3/c1-5-29-24(27)16(2)6-12-21-17(3)26(15-18-7-9-19(25)10-8-18)23-13-11-20(28-4)14-22(21)23/h7-11,13-14,16H,5-6,12,15H2,1-4H3. The maximum atomic E-state index is 12.0. The first-order valence-electron chi connectivity index (χ1n) is 10.0. The van der Waals surface area contributed by atoms with Crippen molar-refractivity contribution >= 4 is 32.8 Å². The minimum Gasteiger partial charge on any atom is -0.497 e. The molecule has 2 aromatic carbocycles. The van der Waals surface area contributed by atoms with Crippen LogP contribution in [0.4, 0.5) is 0 Å². The van der Waals surface area contributed by atoms with Crippen molar-refractivity contribution in [3.63, 3.8) is 0 Å². The van der Waals surface area contributed by atoms with E-state index in [-0.39, 0.29) is 11.9 Å². The Morgan fingerprint density at radius 2 is 1.90 bits per heavy atom. The van der Waals surface area contributed by atoms with Crippen LogP contribution in [0.15, 0.2) is 46.9 Å². The quantitative estimate of drug-likeness (QED) is 0.395. The Bertz CT molecular complexity index is 992. The van der Waals surface area contributed by atoms with E-state index in [0.717, 1.165) is 29.6 Å². The van der Waals surface area contributed by atoms with E-state index in [1.54, 1.807) is 7.11 Å². The van der Waals surface area contributed by atoms with Gasteiger partial charge in [0.15, 0.2) is 0 Å². The number of ether oxygens (including phenoxy) is 2. The van der Waals surface area contributed by atoms with Crippen LogP contribution in [0.2, 0.25) is 0 Å². The number of benzene rings is 2. The molecule has 154 valence electrons. The summed E-state index contributed by atoms with van der Waals surface area (Å²) >= 11 is 3.50. The number of fused-ring (bicyclic) bond motifs is 1. The summed E-state index contributed by atoms with van der Waals surface area (Å²) < 4.78 is 14.1. The second-order valence-electron chi connectivity index (χ2n) is 7.35. The summed E-state index contributed by atoms with van der Waals surface area (Å²) in [5.41, 5.74) is 4.93. The first-order valence-corrected chi connectivity index (χ1v) is 10.8. The Labute approximate surface area is 180 Å². The van der Waals surface area contributed by atoms with E-state index in [9.17, 15) is 4.79 Å². The van der Waals surface area contributed by atoms with Gasteiger partial charge >= 0.3 is 5.97 Å². The van der Waals surface area contributed by atoms with Crippen molar-refractivity contribution in [2.75, 3.05) is 13.7 Å². The highest BCUT2D eigenvalue weighted by atomic mass is 79.9. The van der Waals surface area contributed by atoms with Crippen LogP contribution >= 0.6 is 15.9 Å². The molecule has 1 aromatic heterocycles. The molecule has 1 heterocycles. The molecule has 0 radical (unpaired) electrons. The number of halogens is 1. The van der Waals surface area contributed by atoms with Gasteiger partial charge in [0.25, 0.3) is 0 Å². The second-order valence-corrected chi connectivity index (χ2v) is 8.27. The van der Waals surface area contributed by atoms with Crippen molar-refractivity contribution in [2.24, 2.45) is 5.92 Å². The third kappa shape index (κ3) is 4.84. The van der Waals surface area contributed by atoms with Crippen molar-refractivity contribution in [3.05, 3.63) is 63.8 Å². The molecule has 0 saturated carbocycles. The molecule has 0 bridgehead atoms. The van der Waals surface area contributed by atoms with Gasteiger partial charge in [-0.15, -0.1) is 0 Å². The number of carbonyl (C=O) groups is 1. The fourth-order valence-electron chi connectivity index (χ4n) is 3.71. The largest absolute Gasteiger partial charge is 0.497 e. The van der Waals surface area contributed by atoms with Crippen LogP contribution in [0.1, 0.15) is 37.1 Å². The van der Waals surface area contributed by atoms with Crippen molar-refractivity contribution < 1.29 is 14.3 Å². The predicted molar refractivity (Wildman–Crippen MR) is 121 cm³/mol. The molecule has 1 atom stereocenters. The number of hydrogen-bond donors (Lipinski definition) is 0. The second kappa shape index (κ2) is 9.49. The van der Waals surface area contributed by atoms with E-state index in [0.29, 0.717) is 6.61 Å². The highest BCUT2D eigenvalue weighted by molar-refractivity contribution is 9.10. The molecule has 0 N–H and O–H groups in total. The van der Waals surface area contributed by atoms with Crippen molar-refractivity contribution in [1.29, 1.82) is 0 Å². The van der Waals surface area contributed by atoms with Crippen molar-refractivity contribution in [1.82, 2.24) is 4.57 Å². The number of esters is 1. The highest BCUT2D eigenvalue weighted by Crippen LogP contribution is 2.32. The number of hydrogen-bond acceptors (Lipinski definition) is 3. The summed E-state index contributed by atoms with van der Waals surface area (Å²) in [5.74, 6) is 0.601. The third-order valence-electron chi connectivity index (χ3n) is 5.43. The highest BCUT2D eigenvalue weighted by Gasteiger charge is 2.19. The maximum Gasteiger partial charge on any atom is 0.308 e. The monoisotopic (exact) mass is 457 g/mol. The maximum absolute atomic E-state index is 12.0. The molecule has 0 aliphatic carbocycles. The SMILES string of the molecule is CCOC(=O)C(C)CCc1c(C)n(Cc2ccc(Br)cc2)c2ccc(OC)cc12. The summed E-state index contributed by atoms with van der Waals surface area (Å²) in [4.78, 5) is 12.0. The zero-order valence-electron chi connectivity index (χ0n) is 17.5. The Morgan fingerprint density at radius 3 is 2.55 bits per heavy atom. The van der Waals surface area contributed by atoms with Crippen molar-refractivity contribution in [2.45, 2.75) is 40.2 Å². The molecule has 0 amide bonds. The van der Waals surface area contributed by atoms with Crippen LogP contribution in [0, 0.1) is 12.8 Å². The topological polar surface area (TPSA) is 40.5 Å². The van der Waals surface area contributed by atoms with Gasteiger partial charge in [0.2, 0.25) is 0 Å². The van der Waals surface area contributed by atoms with Gasteiger partial charge in [-0.3, -0.25) is 4.79 Å². The number of aryl methyl sites for hydroxylation is 1. The fraction of sp³-hybridized carbons (Fsp3) is 0.375. The van der Waals surface area contributed by atoms with E-state index in [1.807, 2.05) is 19.9 Å². The lowest BCUT2D eigenvalue weighted by molar-refractivity contribution is -0.147. The molecular weight excluding hydrogens is 430 g/mol. The normalized spacial score (nSPS) is 12.2. The minimum atomic E-state index is -0.124. The fourth-order valence-corrected chi connectivity index (χ4v) is 3.98. The lowest BCUT2D eigenvalue weighted by Gasteiger charge is -2.11. The molecule has 3 rings (SSSR count). The molecule has 4 nitrogen and oxygen atoms in total. The summed E-state index contributed by atoms with van der Waals surface area (Å²) in [6.45, 7) is 7.17. The van der Waals surface area contributed by atoms with Gasteiger partial charge in [-0.05, 0) is 68.1 Å². The van der Waals surface area contributed by atoms with E-state index in [4.69, 9.17) is 9.47 Å². The molecule has 0 spiro atoms. The molecule has 1 unspecified atom stereocenters. The van der Waals surface area contributed by atoms with Gasteiger partial charge in [0, 0.05) is 27.6 Å². The van der Waals surface area contributed by atoms with Gasteiger partial charge in [-0.2, -0.15) is 0 Å². The van der Waals surface area contributed by atoms with Gasteiger partial charge < -0.3 is 14.0 Å². The zero-order chi connectivity index (χ0) is 21.0. The number of aromatic nitrogens is 1. The Kier molecular flexibility index (Phi) is 7.01. The van der Waals surface area contributed by atoms with Crippen LogP contribution < -0.4 is 4.74 Å². The molecular formula is C24H28BrNO3. The van der Waals surface area contributed by atoms with Crippen LogP contribution in [0.25, 0.3) is 10.9 Å². The van der Waals surface area contributed by atoms with Gasteiger partial charge in [-0.25, -0.2) is 0 Å². The smallest absolute Gasteiger partial charge is 0.308 e. The summed E-state index contributed by atoms with van der Waals surface area (Å²) in [6, 6.07) is 14.7. The molecule has 0 aliphatic rings. The molecule has 5 heteroatoms. The van der Waals surface area contributed by atoms with E-state index in [2.05, 4.69) is 63.8 Å². The van der Waals surface area contributed by atoms with E-state index < -0.39 is 0 Å². The molecule has 0 aliphatic heterocycles. The number of nitrogens with zero attached hydrogens (tertiary/aromatic N) is 1. The van der Waals surface area contributed by atoms with Gasteiger partial charge in [-0.1, -0.05) is 35.0 Å². The summed E-state index contributed by atoms with van der Waals surface area (Å²) in [7, 11) is 1.69. The van der Waals surface area contributed by atoms with Gasteiger partial charge in [0.1, 0.15) is 5.75 Å². The first-order chi connectivity index (χ1) is 13.9. The Balaban J connectivity index is 1.96. The molecule has 29 heavy (non-hydrogen) atoms. The van der Waals surface area contributed by atoms with Crippen LogP contribution in [0.5, 0.6) is 5.75 Å². The van der Waals surface area contributed by atoms with Gasteiger partial charge in [0.05, 0.1) is 19.6 Å². The number of carbonyl (C=O) groups excluding carboxylic acids is 1.